The summed E-state index contributed by atoms with van der Waals surface area (Å²) in [7, 11) is 0. The van der Waals surface area contributed by atoms with E-state index in [2.05, 4.69) is 20.5 Å². The summed E-state index contributed by atoms with van der Waals surface area (Å²) >= 11 is 1.39. The second-order valence-electron chi connectivity index (χ2n) is 6.29. The van der Waals surface area contributed by atoms with Gasteiger partial charge in [-0.25, -0.2) is 4.98 Å². The van der Waals surface area contributed by atoms with Gasteiger partial charge in [0, 0.05) is 28.5 Å². The number of aromatic nitrogens is 4. The number of imidazole rings is 1. The van der Waals surface area contributed by atoms with Crippen molar-refractivity contribution in [3.63, 3.8) is 0 Å². The molecule has 0 bridgehead atoms. The van der Waals surface area contributed by atoms with Crippen LogP contribution in [0.4, 0.5) is 5.69 Å². The van der Waals surface area contributed by atoms with Gasteiger partial charge in [-0.1, -0.05) is 41.7 Å². The van der Waals surface area contributed by atoms with Crippen molar-refractivity contribution in [1.29, 1.82) is 0 Å². The fourth-order valence-electron chi connectivity index (χ4n) is 3.11. The molecule has 0 unspecified atom stereocenters. The van der Waals surface area contributed by atoms with E-state index < -0.39 is 0 Å². The molecule has 5 aromatic rings. The highest BCUT2D eigenvalue weighted by molar-refractivity contribution is 7.19. The number of rotatable bonds is 3. The molecule has 3 aromatic heterocycles. The van der Waals surface area contributed by atoms with Crippen LogP contribution < -0.4 is 5.32 Å². The minimum absolute atomic E-state index is 0.136. The zero-order valence-corrected chi connectivity index (χ0v) is 15.2. The maximum Gasteiger partial charge on any atom is 0.267 e. The van der Waals surface area contributed by atoms with Crippen LogP contribution >= 0.6 is 11.3 Å². The first kappa shape index (κ1) is 15.8. The summed E-state index contributed by atoms with van der Waals surface area (Å²) in [4.78, 5) is 18.9. The summed E-state index contributed by atoms with van der Waals surface area (Å²) in [6, 6.07) is 15.7. The first-order valence-corrected chi connectivity index (χ1v) is 9.29. The molecule has 5 rings (SSSR count). The molecule has 3 heterocycles. The third-order valence-electron chi connectivity index (χ3n) is 4.53. The number of nitrogens with one attached hydrogen (secondary N) is 2. The molecule has 0 saturated heterocycles. The van der Waals surface area contributed by atoms with E-state index in [4.69, 9.17) is 0 Å². The maximum absolute atomic E-state index is 12.8. The predicted octanol–water partition coefficient (Wildman–Crippen LogP) is 4.50. The zero-order valence-electron chi connectivity index (χ0n) is 14.4. The molecule has 0 aliphatic carbocycles. The molecule has 7 heteroatoms. The molecule has 0 aliphatic heterocycles. The normalized spacial score (nSPS) is 11.3. The van der Waals surface area contributed by atoms with Crippen LogP contribution in [0.15, 0.2) is 60.9 Å². The largest absolute Gasteiger partial charge is 0.321 e. The smallest absolute Gasteiger partial charge is 0.267 e. The number of anilines is 1. The fourth-order valence-corrected chi connectivity index (χ4v) is 4.12. The Balaban J connectivity index is 1.46. The monoisotopic (exact) mass is 373 g/mol. The fraction of sp³-hybridized carbons (Fsp3) is 0.0500. The summed E-state index contributed by atoms with van der Waals surface area (Å²) in [6.45, 7) is 1.94. The lowest BCUT2D eigenvalue weighted by molar-refractivity contribution is 0.102. The van der Waals surface area contributed by atoms with E-state index in [1.54, 1.807) is 6.20 Å². The lowest BCUT2D eigenvalue weighted by atomic mass is 10.2. The SMILES string of the molecule is Cc1c(C(=O)Nc2ccc3cn[nH]c3c2)sc2nc(-c3ccccc3)cn12. The number of thiazole rings is 1. The lowest BCUT2D eigenvalue weighted by Crippen LogP contribution is -2.11. The number of carbonyl (C=O) groups is 1. The van der Waals surface area contributed by atoms with Crippen molar-refractivity contribution in [2.75, 3.05) is 5.32 Å². The Morgan fingerprint density at radius 3 is 2.85 bits per heavy atom. The quantitative estimate of drug-likeness (QED) is 0.489. The van der Waals surface area contributed by atoms with Crippen molar-refractivity contribution in [3.05, 3.63) is 71.5 Å². The van der Waals surface area contributed by atoms with Gasteiger partial charge < -0.3 is 5.32 Å². The minimum atomic E-state index is -0.136. The van der Waals surface area contributed by atoms with Crippen molar-refractivity contribution in [2.24, 2.45) is 0 Å². The lowest BCUT2D eigenvalue weighted by Gasteiger charge is -2.04. The number of hydrogen-bond acceptors (Lipinski definition) is 4. The van der Waals surface area contributed by atoms with Crippen molar-refractivity contribution in [1.82, 2.24) is 19.6 Å². The van der Waals surface area contributed by atoms with Gasteiger partial charge in [0.25, 0.3) is 5.91 Å². The van der Waals surface area contributed by atoms with Gasteiger partial charge in [0.15, 0.2) is 4.96 Å². The molecule has 1 amide bonds. The molecule has 0 atom stereocenters. The van der Waals surface area contributed by atoms with E-state index in [0.717, 1.165) is 38.5 Å². The molecule has 0 radical (unpaired) electrons. The summed E-state index contributed by atoms with van der Waals surface area (Å²) < 4.78 is 1.97. The number of H-pyrrole nitrogens is 1. The van der Waals surface area contributed by atoms with Crippen LogP contribution in [-0.2, 0) is 0 Å². The molecule has 2 aromatic carbocycles. The number of carbonyl (C=O) groups excluding carboxylic acids is 1. The van der Waals surface area contributed by atoms with Crippen molar-refractivity contribution in [2.45, 2.75) is 6.92 Å². The van der Waals surface area contributed by atoms with Gasteiger partial charge in [-0.2, -0.15) is 5.10 Å². The summed E-state index contributed by atoms with van der Waals surface area (Å²) in [6.07, 6.45) is 3.73. The van der Waals surface area contributed by atoms with Gasteiger partial charge in [-0.15, -0.1) is 0 Å². The Bertz CT molecular complexity index is 1280. The average Bonchev–Trinajstić information content (AvgIpc) is 3.38. The van der Waals surface area contributed by atoms with Gasteiger partial charge >= 0.3 is 0 Å². The number of benzene rings is 2. The van der Waals surface area contributed by atoms with Gasteiger partial charge in [-0.3, -0.25) is 14.3 Å². The Kier molecular flexibility index (Phi) is 3.54. The molecule has 0 saturated carbocycles. The predicted molar refractivity (Wildman–Crippen MR) is 107 cm³/mol. The van der Waals surface area contributed by atoms with Crippen LogP contribution in [0.1, 0.15) is 15.4 Å². The highest BCUT2D eigenvalue weighted by Gasteiger charge is 2.18. The maximum atomic E-state index is 12.8. The van der Waals surface area contributed by atoms with Gasteiger partial charge in [0.2, 0.25) is 0 Å². The first-order valence-electron chi connectivity index (χ1n) is 8.47. The highest BCUT2D eigenvalue weighted by atomic mass is 32.1. The summed E-state index contributed by atoms with van der Waals surface area (Å²) in [5.74, 6) is -0.136. The van der Waals surface area contributed by atoms with Crippen molar-refractivity contribution < 1.29 is 4.79 Å². The summed E-state index contributed by atoms with van der Waals surface area (Å²) in [5, 5.41) is 10.9. The third kappa shape index (κ3) is 2.69. The van der Waals surface area contributed by atoms with Gasteiger partial charge in [0.05, 0.1) is 17.4 Å². The second kappa shape index (κ2) is 6.07. The molecular formula is C20H15N5OS. The van der Waals surface area contributed by atoms with Crippen LogP contribution in [-0.4, -0.2) is 25.5 Å². The number of nitrogens with zero attached hydrogens (tertiary/aromatic N) is 3. The average molecular weight is 373 g/mol. The molecule has 132 valence electrons. The molecular weight excluding hydrogens is 358 g/mol. The van der Waals surface area contributed by atoms with Crippen molar-refractivity contribution in [3.8, 4) is 11.3 Å². The number of amides is 1. The molecule has 2 N–H and O–H groups in total. The van der Waals surface area contributed by atoms with Crippen LogP contribution in [0.2, 0.25) is 0 Å². The topological polar surface area (TPSA) is 75.1 Å². The second-order valence-corrected chi connectivity index (χ2v) is 7.27. The van der Waals surface area contributed by atoms with Crippen LogP contribution in [0.5, 0.6) is 0 Å². The first-order chi connectivity index (χ1) is 13.2. The van der Waals surface area contributed by atoms with Crippen LogP contribution in [0.3, 0.4) is 0 Å². The molecule has 6 nitrogen and oxygen atoms in total. The van der Waals surface area contributed by atoms with E-state index in [9.17, 15) is 4.79 Å². The number of fused-ring (bicyclic) bond motifs is 2. The Labute approximate surface area is 158 Å². The van der Waals surface area contributed by atoms with Crippen molar-refractivity contribution >= 4 is 38.8 Å². The molecule has 27 heavy (non-hydrogen) atoms. The molecule has 0 fully saturated rings. The van der Waals surface area contributed by atoms with E-state index in [1.165, 1.54) is 11.3 Å². The Morgan fingerprint density at radius 2 is 2.04 bits per heavy atom. The Hall–Kier alpha value is -3.45. The molecule has 0 spiro atoms. The Morgan fingerprint density at radius 1 is 1.19 bits per heavy atom. The summed E-state index contributed by atoms with van der Waals surface area (Å²) in [5.41, 5.74) is 4.46. The van der Waals surface area contributed by atoms with E-state index in [-0.39, 0.29) is 5.91 Å². The van der Waals surface area contributed by atoms with E-state index in [1.807, 2.05) is 66.1 Å². The van der Waals surface area contributed by atoms with Crippen LogP contribution in [0.25, 0.3) is 27.1 Å². The zero-order chi connectivity index (χ0) is 18.4. The van der Waals surface area contributed by atoms with Gasteiger partial charge in [0.1, 0.15) is 4.88 Å². The number of hydrogen-bond donors (Lipinski definition) is 2. The standard InChI is InChI=1S/C20H15N5OS/c1-12-18(19(26)22-15-8-7-14-10-21-24-16(14)9-15)27-20-23-17(11-25(12)20)13-5-3-2-4-6-13/h2-11H,1H3,(H,21,24)(H,22,26). The number of aromatic amines is 1. The van der Waals surface area contributed by atoms with Crippen LogP contribution in [0, 0.1) is 6.92 Å². The minimum Gasteiger partial charge on any atom is -0.321 e. The van der Waals surface area contributed by atoms with E-state index in [0.29, 0.717) is 4.88 Å². The third-order valence-corrected chi connectivity index (χ3v) is 5.69. The van der Waals surface area contributed by atoms with Gasteiger partial charge in [-0.05, 0) is 25.1 Å². The highest BCUT2D eigenvalue weighted by Crippen LogP contribution is 2.28. The van der Waals surface area contributed by atoms with E-state index >= 15 is 0 Å². The number of aryl methyl sites for hydroxylation is 1. The molecule has 0 aliphatic rings.